The first-order valence-corrected chi connectivity index (χ1v) is 7.15. The maximum absolute atomic E-state index is 4.56. The summed E-state index contributed by atoms with van der Waals surface area (Å²) in [5.41, 5.74) is 0. The Morgan fingerprint density at radius 3 is 3.05 bits per heavy atom. The molecule has 1 aromatic rings. The maximum atomic E-state index is 4.56. The predicted molar refractivity (Wildman–Crippen MR) is 79.7 cm³/mol. The fraction of sp³-hybridized carbons (Fsp3) is 0.714. The first-order chi connectivity index (χ1) is 9.19. The quantitative estimate of drug-likeness (QED) is 0.846. The second-order valence-electron chi connectivity index (χ2n) is 5.46. The smallest absolute Gasteiger partial charge is 0.224 e. The molecule has 1 atom stereocenters. The fourth-order valence-corrected chi connectivity index (χ4v) is 2.54. The van der Waals surface area contributed by atoms with Gasteiger partial charge in [-0.25, -0.2) is 4.98 Å². The Morgan fingerprint density at radius 2 is 2.37 bits per heavy atom. The van der Waals surface area contributed by atoms with Crippen LogP contribution < -0.4 is 10.2 Å². The molecule has 1 unspecified atom stereocenters. The van der Waals surface area contributed by atoms with E-state index in [1.54, 1.807) is 0 Å². The molecule has 1 N–H and O–H groups in total. The van der Waals surface area contributed by atoms with Gasteiger partial charge >= 0.3 is 0 Å². The van der Waals surface area contributed by atoms with Gasteiger partial charge < -0.3 is 15.1 Å². The Balaban J connectivity index is 1.92. The maximum Gasteiger partial charge on any atom is 0.224 e. The average molecular weight is 263 g/mol. The SMILES string of the molecule is CCCNc1nccc(N(C)CC2CCN(C)C2)n1. The van der Waals surface area contributed by atoms with Gasteiger partial charge in [-0.15, -0.1) is 0 Å². The standard InChI is InChI=1S/C14H25N5/c1-4-7-15-14-16-8-5-13(17-14)19(3)11-12-6-9-18(2)10-12/h5,8,12H,4,6-7,9-11H2,1-3H3,(H,15,16,17). The van der Waals surface area contributed by atoms with Crippen molar-refractivity contribution < 1.29 is 0 Å². The van der Waals surface area contributed by atoms with Crippen LogP contribution in [0.5, 0.6) is 0 Å². The van der Waals surface area contributed by atoms with E-state index in [4.69, 9.17) is 0 Å². The molecule has 19 heavy (non-hydrogen) atoms. The Kier molecular flexibility index (Phi) is 4.96. The zero-order valence-electron chi connectivity index (χ0n) is 12.3. The van der Waals surface area contributed by atoms with Crippen LogP contribution in [0.1, 0.15) is 19.8 Å². The number of nitrogens with zero attached hydrogens (tertiary/aromatic N) is 4. The molecule has 5 nitrogen and oxygen atoms in total. The third kappa shape index (κ3) is 4.06. The van der Waals surface area contributed by atoms with Gasteiger partial charge in [-0.1, -0.05) is 6.92 Å². The molecule has 1 aliphatic rings. The lowest BCUT2D eigenvalue weighted by atomic mass is 10.1. The zero-order valence-corrected chi connectivity index (χ0v) is 12.3. The van der Waals surface area contributed by atoms with E-state index in [1.165, 1.54) is 19.5 Å². The number of hydrogen-bond acceptors (Lipinski definition) is 5. The van der Waals surface area contributed by atoms with Crippen molar-refractivity contribution in [1.29, 1.82) is 0 Å². The summed E-state index contributed by atoms with van der Waals surface area (Å²) >= 11 is 0. The largest absolute Gasteiger partial charge is 0.359 e. The van der Waals surface area contributed by atoms with Crippen molar-refractivity contribution in [2.45, 2.75) is 19.8 Å². The molecule has 0 aliphatic carbocycles. The Labute approximate surface area is 116 Å². The van der Waals surface area contributed by atoms with Crippen LogP contribution in [-0.4, -0.2) is 55.1 Å². The zero-order chi connectivity index (χ0) is 13.7. The van der Waals surface area contributed by atoms with Gasteiger partial charge in [-0.3, -0.25) is 0 Å². The Morgan fingerprint density at radius 1 is 1.53 bits per heavy atom. The van der Waals surface area contributed by atoms with Crippen LogP contribution in [0.2, 0.25) is 0 Å². The molecule has 106 valence electrons. The number of nitrogens with one attached hydrogen (secondary N) is 1. The van der Waals surface area contributed by atoms with E-state index < -0.39 is 0 Å². The van der Waals surface area contributed by atoms with E-state index in [1.807, 2.05) is 12.3 Å². The topological polar surface area (TPSA) is 44.3 Å². The number of anilines is 2. The molecule has 1 aromatic heterocycles. The van der Waals surface area contributed by atoms with Crippen molar-refractivity contribution >= 4 is 11.8 Å². The summed E-state index contributed by atoms with van der Waals surface area (Å²) in [5.74, 6) is 2.48. The van der Waals surface area contributed by atoms with Gasteiger partial charge in [-0.2, -0.15) is 4.98 Å². The van der Waals surface area contributed by atoms with Crippen molar-refractivity contribution in [3.8, 4) is 0 Å². The van der Waals surface area contributed by atoms with Crippen molar-refractivity contribution in [2.24, 2.45) is 5.92 Å². The predicted octanol–water partition coefficient (Wildman–Crippen LogP) is 1.69. The molecule has 0 amide bonds. The van der Waals surface area contributed by atoms with Crippen molar-refractivity contribution in [3.63, 3.8) is 0 Å². The molecule has 1 saturated heterocycles. The lowest BCUT2D eigenvalue weighted by Gasteiger charge is -2.22. The van der Waals surface area contributed by atoms with Crippen molar-refractivity contribution in [1.82, 2.24) is 14.9 Å². The summed E-state index contributed by atoms with van der Waals surface area (Å²) in [4.78, 5) is 13.4. The van der Waals surface area contributed by atoms with Crippen LogP contribution in [-0.2, 0) is 0 Å². The molecule has 0 bridgehead atoms. The van der Waals surface area contributed by atoms with E-state index in [-0.39, 0.29) is 0 Å². The second-order valence-corrected chi connectivity index (χ2v) is 5.46. The van der Waals surface area contributed by atoms with Crippen LogP contribution in [0.4, 0.5) is 11.8 Å². The Bertz CT molecular complexity index is 395. The Hall–Kier alpha value is -1.36. The molecule has 2 rings (SSSR count). The van der Waals surface area contributed by atoms with Crippen LogP contribution in [0, 0.1) is 5.92 Å². The molecule has 2 heterocycles. The number of aromatic nitrogens is 2. The van der Waals surface area contributed by atoms with Gasteiger partial charge in [0.1, 0.15) is 5.82 Å². The first kappa shape index (κ1) is 14.1. The fourth-order valence-electron chi connectivity index (χ4n) is 2.54. The van der Waals surface area contributed by atoms with Gasteiger partial charge in [0.25, 0.3) is 0 Å². The third-order valence-electron chi connectivity index (χ3n) is 3.59. The minimum absolute atomic E-state index is 0.731. The lowest BCUT2D eigenvalue weighted by molar-refractivity contribution is 0.395. The molecular weight excluding hydrogens is 238 g/mol. The van der Waals surface area contributed by atoms with Gasteiger partial charge in [0.2, 0.25) is 5.95 Å². The molecule has 0 aromatic carbocycles. The van der Waals surface area contributed by atoms with Gasteiger partial charge in [0.05, 0.1) is 0 Å². The van der Waals surface area contributed by atoms with Crippen LogP contribution in [0.3, 0.4) is 0 Å². The molecule has 0 spiro atoms. The van der Waals surface area contributed by atoms with Gasteiger partial charge in [-0.05, 0) is 38.4 Å². The van der Waals surface area contributed by atoms with E-state index >= 15 is 0 Å². The lowest BCUT2D eigenvalue weighted by Crippen LogP contribution is -2.28. The molecule has 1 aliphatic heterocycles. The summed E-state index contributed by atoms with van der Waals surface area (Å²) in [5, 5.41) is 3.23. The summed E-state index contributed by atoms with van der Waals surface area (Å²) in [6.07, 6.45) is 4.20. The highest BCUT2D eigenvalue weighted by atomic mass is 15.2. The van der Waals surface area contributed by atoms with E-state index in [0.717, 1.165) is 37.2 Å². The van der Waals surface area contributed by atoms with Crippen molar-refractivity contribution in [3.05, 3.63) is 12.3 Å². The van der Waals surface area contributed by atoms with Gasteiger partial charge in [0.15, 0.2) is 0 Å². The summed E-state index contributed by atoms with van der Waals surface area (Å²) < 4.78 is 0. The highest BCUT2D eigenvalue weighted by Crippen LogP contribution is 2.18. The van der Waals surface area contributed by atoms with E-state index in [2.05, 4.69) is 46.1 Å². The second kappa shape index (κ2) is 6.70. The highest BCUT2D eigenvalue weighted by Gasteiger charge is 2.21. The summed E-state index contributed by atoms with van der Waals surface area (Å²) in [6, 6.07) is 1.98. The number of hydrogen-bond donors (Lipinski definition) is 1. The molecule has 0 radical (unpaired) electrons. The summed E-state index contributed by atoms with van der Waals surface area (Å²) in [7, 11) is 4.31. The van der Waals surface area contributed by atoms with Crippen LogP contribution >= 0.6 is 0 Å². The number of rotatable bonds is 6. The van der Waals surface area contributed by atoms with E-state index in [9.17, 15) is 0 Å². The monoisotopic (exact) mass is 263 g/mol. The molecule has 0 saturated carbocycles. The van der Waals surface area contributed by atoms with E-state index in [0.29, 0.717) is 0 Å². The normalized spacial score (nSPS) is 19.6. The third-order valence-corrected chi connectivity index (χ3v) is 3.59. The van der Waals surface area contributed by atoms with Crippen LogP contribution in [0.15, 0.2) is 12.3 Å². The number of likely N-dealkylation sites (tertiary alicyclic amines) is 1. The first-order valence-electron chi connectivity index (χ1n) is 7.15. The minimum atomic E-state index is 0.731. The van der Waals surface area contributed by atoms with Gasteiger partial charge in [0, 0.05) is 32.9 Å². The molecular formula is C14H25N5. The summed E-state index contributed by atoms with van der Waals surface area (Å²) in [6.45, 7) is 6.52. The highest BCUT2D eigenvalue weighted by molar-refractivity contribution is 5.41. The average Bonchev–Trinajstić information content (AvgIpc) is 2.82. The van der Waals surface area contributed by atoms with Crippen LogP contribution in [0.25, 0.3) is 0 Å². The molecule has 1 fully saturated rings. The van der Waals surface area contributed by atoms with Crippen molar-refractivity contribution in [2.75, 3.05) is 50.5 Å². The molecule has 5 heteroatoms. The minimum Gasteiger partial charge on any atom is -0.359 e.